The summed E-state index contributed by atoms with van der Waals surface area (Å²) >= 11 is 0. The second-order valence-electron chi connectivity index (χ2n) is 10.8. The van der Waals surface area contributed by atoms with E-state index in [1.54, 1.807) is 17.1 Å². The predicted molar refractivity (Wildman–Crippen MR) is 136 cm³/mol. The van der Waals surface area contributed by atoms with Crippen LogP contribution in [-0.2, 0) is 4.79 Å². The van der Waals surface area contributed by atoms with Crippen molar-refractivity contribution in [3.8, 4) is 6.07 Å². The number of carbonyl (C=O) groups excluding carboxylic acids is 2. The number of aromatic nitrogens is 4. The molecular weight excluding hydrogens is 466 g/mol. The third kappa shape index (κ3) is 4.16. The van der Waals surface area contributed by atoms with Crippen molar-refractivity contribution in [1.82, 2.24) is 25.3 Å². The molecule has 3 atom stereocenters. The first-order valence-electron chi connectivity index (χ1n) is 12.8. The van der Waals surface area contributed by atoms with Crippen LogP contribution in [0.15, 0.2) is 36.7 Å². The molecule has 0 bridgehead atoms. The number of nitrogens with zero attached hydrogens (tertiary/aromatic N) is 6. The molecule has 9 heteroatoms. The fourth-order valence-electron chi connectivity index (χ4n) is 5.66. The molecule has 3 heterocycles. The van der Waals surface area contributed by atoms with E-state index < -0.39 is 0 Å². The molecule has 2 aromatic heterocycles. The molecule has 2 saturated carbocycles. The molecule has 188 valence electrons. The molecule has 1 N–H and O–H groups in total. The lowest BCUT2D eigenvalue weighted by Crippen LogP contribution is -2.43. The highest BCUT2D eigenvalue weighted by Crippen LogP contribution is 2.47. The van der Waals surface area contributed by atoms with Gasteiger partial charge in [-0.3, -0.25) is 14.5 Å². The maximum absolute atomic E-state index is 12.8. The van der Waals surface area contributed by atoms with E-state index in [1.807, 2.05) is 43.9 Å². The zero-order valence-corrected chi connectivity index (χ0v) is 21.2. The number of fused-ring (bicyclic) bond motifs is 1. The van der Waals surface area contributed by atoms with Gasteiger partial charge >= 0.3 is 0 Å². The number of piperidine rings is 1. The maximum Gasteiger partial charge on any atom is 0.273 e. The first-order chi connectivity index (χ1) is 17.8. The van der Waals surface area contributed by atoms with E-state index in [2.05, 4.69) is 32.7 Å². The van der Waals surface area contributed by atoms with Crippen molar-refractivity contribution in [3.05, 3.63) is 70.2 Å². The number of pyridine rings is 1. The Kier molecular flexibility index (Phi) is 5.55. The Bertz CT molecular complexity index is 1450. The second-order valence-corrected chi connectivity index (χ2v) is 10.8. The second kappa shape index (κ2) is 8.80. The van der Waals surface area contributed by atoms with E-state index >= 15 is 0 Å². The molecule has 3 aliphatic rings. The van der Waals surface area contributed by atoms with Gasteiger partial charge < -0.3 is 5.32 Å². The lowest BCUT2D eigenvalue weighted by molar-refractivity contribution is -0.118. The summed E-state index contributed by atoms with van der Waals surface area (Å²) in [6.07, 6.45) is 6.05. The number of rotatable bonds is 6. The fraction of sp³-hybridized carbons (Fsp3) is 0.429. The monoisotopic (exact) mass is 495 g/mol. The van der Waals surface area contributed by atoms with Crippen LogP contribution >= 0.6 is 0 Å². The smallest absolute Gasteiger partial charge is 0.273 e. The predicted octanol–water partition coefficient (Wildman–Crippen LogP) is 3.43. The molecule has 1 aromatic carbocycles. The Morgan fingerprint density at radius 3 is 2.73 bits per heavy atom. The van der Waals surface area contributed by atoms with Crippen LogP contribution in [0.25, 0.3) is 0 Å². The van der Waals surface area contributed by atoms with Gasteiger partial charge in [-0.2, -0.15) is 5.26 Å². The van der Waals surface area contributed by atoms with Gasteiger partial charge in [0.25, 0.3) is 5.91 Å². The summed E-state index contributed by atoms with van der Waals surface area (Å²) in [6, 6.07) is 10.1. The zero-order chi connectivity index (χ0) is 25.8. The van der Waals surface area contributed by atoms with Crippen LogP contribution < -0.4 is 10.2 Å². The highest BCUT2D eigenvalue weighted by Gasteiger charge is 2.53. The molecule has 1 aliphatic heterocycles. The number of amides is 2. The minimum absolute atomic E-state index is 0.0471. The van der Waals surface area contributed by atoms with Gasteiger partial charge in [0.15, 0.2) is 5.69 Å². The number of benzene rings is 1. The molecule has 6 rings (SSSR count). The fourth-order valence-corrected chi connectivity index (χ4v) is 5.66. The molecule has 3 aromatic rings. The number of nitrogens with one attached hydrogen (secondary N) is 1. The van der Waals surface area contributed by atoms with E-state index in [4.69, 9.17) is 0 Å². The normalized spacial score (nSPS) is 24.7. The summed E-state index contributed by atoms with van der Waals surface area (Å²) in [5.74, 6) is 1.64. The van der Waals surface area contributed by atoms with Crippen LogP contribution in [0.4, 0.5) is 5.82 Å². The Hall–Kier alpha value is -4.06. The number of carbonyl (C=O) groups is 2. The van der Waals surface area contributed by atoms with Crippen molar-refractivity contribution in [1.29, 1.82) is 5.26 Å². The van der Waals surface area contributed by atoms with E-state index in [9.17, 15) is 14.9 Å². The standard InChI is InChI=1S/C28H29N7O2/c1-15-4-5-18(11-29)23(6-15)19-8-22(9-19)31-27(36)25-14-35(33-32-25)17(3)20-7-16(2)26(30-12-20)34-13-21-10-24(21)28(34)37/h4-7,12,14,17,19,21-22,24H,8-10,13H2,1-3H3,(H,31,36)/t17-,19-,21+,22+,24+/m0/s1. The van der Waals surface area contributed by atoms with Gasteiger partial charge in [0.05, 0.1) is 23.9 Å². The largest absolute Gasteiger partial charge is 0.348 e. The highest BCUT2D eigenvalue weighted by atomic mass is 16.2. The number of aryl methyl sites for hydroxylation is 2. The highest BCUT2D eigenvalue weighted by molar-refractivity contribution is 5.99. The summed E-state index contributed by atoms with van der Waals surface area (Å²) in [6.45, 7) is 6.74. The minimum atomic E-state index is -0.248. The number of anilines is 1. The number of hydrogen-bond acceptors (Lipinski definition) is 6. The average molecular weight is 496 g/mol. The van der Waals surface area contributed by atoms with Gasteiger partial charge in [-0.25, -0.2) is 9.67 Å². The molecule has 37 heavy (non-hydrogen) atoms. The van der Waals surface area contributed by atoms with Crippen LogP contribution in [0.1, 0.15) is 76.5 Å². The van der Waals surface area contributed by atoms with Gasteiger partial charge in [-0.1, -0.05) is 22.9 Å². The van der Waals surface area contributed by atoms with E-state index in [-0.39, 0.29) is 41.4 Å². The number of hydrogen-bond donors (Lipinski definition) is 1. The Morgan fingerprint density at radius 2 is 2.03 bits per heavy atom. The Morgan fingerprint density at radius 1 is 1.22 bits per heavy atom. The molecule has 0 spiro atoms. The third-order valence-corrected chi connectivity index (χ3v) is 8.11. The van der Waals surface area contributed by atoms with Crippen molar-refractivity contribution in [2.45, 2.75) is 58.0 Å². The van der Waals surface area contributed by atoms with E-state index in [0.717, 1.165) is 53.9 Å². The van der Waals surface area contributed by atoms with Gasteiger partial charge in [0.2, 0.25) is 5.91 Å². The molecule has 2 amide bonds. The Labute approximate surface area is 215 Å². The van der Waals surface area contributed by atoms with Crippen molar-refractivity contribution in [2.24, 2.45) is 11.8 Å². The third-order valence-electron chi connectivity index (χ3n) is 8.11. The van der Waals surface area contributed by atoms with Crippen LogP contribution in [-0.4, -0.2) is 44.4 Å². The summed E-state index contributed by atoms with van der Waals surface area (Å²) in [5.41, 5.74) is 5.06. The molecular formula is C28H29N7O2. The lowest BCUT2D eigenvalue weighted by Gasteiger charge is -2.36. The van der Waals surface area contributed by atoms with Crippen molar-refractivity contribution >= 4 is 17.6 Å². The van der Waals surface area contributed by atoms with Gasteiger partial charge in [-0.05, 0) is 80.7 Å². The zero-order valence-electron chi connectivity index (χ0n) is 21.2. The molecule has 3 fully saturated rings. The average Bonchev–Trinajstić information content (AvgIpc) is 3.32. The van der Waals surface area contributed by atoms with Crippen LogP contribution in [0, 0.1) is 37.0 Å². The first-order valence-corrected chi connectivity index (χ1v) is 12.8. The molecule has 0 radical (unpaired) electrons. The summed E-state index contributed by atoms with van der Waals surface area (Å²) in [5, 5.41) is 20.8. The van der Waals surface area contributed by atoms with Gasteiger partial charge in [-0.15, -0.1) is 5.10 Å². The Balaban J connectivity index is 1.08. The van der Waals surface area contributed by atoms with Gasteiger partial charge in [0, 0.05) is 24.7 Å². The molecule has 1 saturated heterocycles. The molecule has 0 unspecified atom stereocenters. The van der Waals surface area contributed by atoms with Crippen LogP contribution in [0.3, 0.4) is 0 Å². The summed E-state index contributed by atoms with van der Waals surface area (Å²) in [7, 11) is 0. The quantitative estimate of drug-likeness (QED) is 0.560. The molecule has 9 nitrogen and oxygen atoms in total. The van der Waals surface area contributed by atoms with Crippen molar-refractivity contribution in [3.63, 3.8) is 0 Å². The minimum Gasteiger partial charge on any atom is -0.348 e. The van der Waals surface area contributed by atoms with Crippen LogP contribution in [0.5, 0.6) is 0 Å². The van der Waals surface area contributed by atoms with E-state index in [1.165, 1.54) is 0 Å². The topological polar surface area (TPSA) is 117 Å². The number of nitriles is 1. The SMILES string of the molecule is Cc1ccc(C#N)c([C@H]2C[C@@H](NC(=O)c3cn([C@@H](C)c4cnc(N5C[C@H]6C[C@H]6C5=O)c(C)c4)nn3)C2)c1. The van der Waals surface area contributed by atoms with Crippen LogP contribution in [0.2, 0.25) is 0 Å². The lowest BCUT2D eigenvalue weighted by atomic mass is 9.74. The van der Waals surface area contributed by atoms with Crippen molar-refractivity contribution in [2.75, 3.05) is 11.4 Å². The summed E-state index contributed by atoms with van der Waals surface area (Å²) in [4.78, 5) is 31.7. The maximum atomic E-state index is 12.8. The first kappa shape index (κ1) is 23.3. The van der Waals surface area contributed by atoms with E-state index in [0.29, 0.717) is 11.5 Å². The molecule has 2 aliphatic carbocycles. The van der Waals surface area contributed by atoms with Gasteiger partial charge in [0.1, 0.15) is 5.82 Å². The van der Waals surface area contributed by atoms with Crippen molar-refractivity contribution < 1.29 is 9.59 Å². The summed E-state index contributed by atoms with van der Waals surface area (Å²) < 4.78 is 1.66.